The highest BCUT2D eigenvalue weighted by atomic mass is 79.9. The van der Waals surface area contributed by atoms with Crippen molar-refractivity contribution in [3.63, 3.8) is 0 Å². The van der Waals surface area contributed by atoms with Crippen molar-refractivity contribution in [2.45, 2.75) is 70.7 Å². The van der Waals surface area contributed by atoms with E-state index < -0.39 is 23.6 Å². The lowest BCUT2D eigenvalue weighted by Crippen LogP contribution is -2.50. The molecule has 0 bridgehead atoms. The van der Waals surface area contributed by atoms with Crippen molar-refractivity contribution in [2.24, 2.45) is 5.41 Å². The number of nitrogens with zero attached hydrogens (tertiary/aromatic N) is 6. The topological polar surface area (TPSA) is 118 Å². The Morgan fingerprint density at radius 1 is 1.29 bits per heavy atom. The SMILES string of the molecule is CC(C)(C)[C@@H](C(=O)N1C[C@H](O)C[C@H]1C(=O)NCc1nc2ccccn2c1Br)n1cc(C2CC2)nn1. The summed E-state index contributed by atoms with van der Waals surface area (Å²) in [7, 11) is 0. The summed E-state index contributed by atoms with van der Waals surface area (Å²) < 4.78 is 4.28. The molecule has 4 heterocycles. The van der Waals surface area contributed by atoms with Gasteiger partial charge in [-0.15, -0.1) is 5.10 Å². The molecule has 3 atom stereocenters. The molecule has 3 aromatic rings. The number of likely N-dealkylation sites (tertiary alicyclic amines) is 1. The van der Waals surface area contributed by atoms with Gasteiger partial charge in [-0.2, -0.15) is 0 Å². The standard InChI is InChI=1S/C24H30BrN7O3/c1-24(2,3)20(32-13-17(28-29-32)14-7-8-14)23(35)31-12-15(33)10-18(31)22(34)26-11-16-21(25)30-9-5-4-6-19(30)27-16/h4-6,9,13-15,18,20,33H,7-8,10-12H2,1-3H3,(H,26,34)/t15-,18+,20-/m1/s1. The number of rotatable bonds is 6. The zero-order valence-electron chi connectivity index (χ0n) is 20.1. The fourth-order valence-electron chi connectivity index (χ4n) is 4.74. The Morgan fingerprint density at radius 3 is 2.74 bits per heavy atom. The Bertz CT molecular complexity index is 1260. The number of amides is 2. The molecule has 0 unspecified atom stereocenters. The first kappa shape index (κ1) is 23.9. The van der Waals surface area contributed by atoms with Gasteiger partial charge in [0.2, 0.25) is 11.8 Å². The fraction of sp³-hybridized carbons (Fsp3) is 0.542. The number of β-amino-alcohol motifs (C(OH)–C–C–N with tert-alkyl or cyclic N) is 1. The number of pyridine rings is 1. The summed E-state index contributed by atoms with van der Waals surface area (Å²) in [6, 6.07) is 4.27. The molecule has 5 rings (SSSR count). The monoisotopic (exact) mass is 543 g/mol. The number of carbonyl (C=O) groups excluding carboxylic acids is 2. The van der Waals surface area contributed by atoms with E-state index in [0.29, 0.717) is 11.6 Å². The molecule has 2 N–H and O–H groups in total. The van der Waals surface area contributed by atoms with Crippen LogP contribution in [0.25, 0.3) is 5.65 Å². The van der Waals surface area contributed by atoms with Crippen molar-refractivity contribution >= 4 is 33.4 Å². The fourth-order valence-corrected chi connectivity index (χ4v) is 5.27. The molecule has 1 aliphatic heterocycles. The van der Waals surface area contributed by atoms with Gasteiger partial charge in [-0.1, -0.05) is 32.1 Å². The number of imidazole rings is 1. The zero-order valence-corrected chi connectivity index (χ0v) is 21.6. The van der Waals surface area contributed by atoms with E-state index in [1.54, 1.807) is 4.68 Å². The van der Waals surface area contributed by atoms with Gasteiger partial charge in [-0.05, 0) is 46.3 Å². The lowest BCUT2D eigenvalue weighted by molar-refractivity contribution is -0.144. The number of fused-ring (bicyclic) bond motifs is 1. The number of hydrogen-bond acceptors (Lipinski definition) is 6. The van der Waals surface area contributed by atoms with Crippen molar-refractivity contribution in [1.29, 1.82) is 0 Å². The average Bonchev–Trinajstić information content (AvgIpc) is 3.27. The van der Waals surface area contributed by atoms with Crippen LogP contribution in [-0.2, 0) is 16.1 Å². The maximum absolute atomic E-state index is 13.8. The highest BCUT2D eigenvalue weighted by Crippen LogP contribution is 2.40. The smallest absolute Gasteiger partial charge is 0.248 e. The van der Waals surface area contributed by atoms with E-state index in [0.717, 1.165) is 28.8 Å². The Hall–Kier alpha value is -2.79. The number of aliphatic hydroxyl groups is 1. The highest BCUT2D eigenvalue weighted by Gasteiger charge is 2.45. The first-order valence-electron chi connectivity index (χ1n) is 11.9. The van der Waals surface area contributed by atoms with Crippen molar-refractivity contribution in [2.75, 3.05) is 6.54 Å². The van der Waals surface area contributed by atoms with E-state index in [2.05, 4.69) is 36.5 Å². The quantitative estimate of drug-likeness (QED) is 0.493. The Balaban J connectivity index is 1.34. The molecule has 1 saturated heterocycles. The largest absolute Gasteiger partial charge is 0.391 e. The lowest BCUT2D eigenvalue weighted by atomic mass is 9.85. The van der Waals surface area contributed by atoms with Gasteiger partial charge in [0.05, 0.1) is 24.0 Å². The second-order valence-corrected chi connectivity index (χ2v) is 11.3. The third-order valence-electron chi connectivity index (χ3n) is 6.67. The Kier molecular flexibility index (Phi) is 6.16. The summed E-state index contributed by atoms with van der Waals surface area (Å²) in [5, 5.41) is 21.9. The van der Waals surface area contributed by atoms with Gasteiger partial charge in [0.25, 0.3) is 0 Å². The minimum Gasteiger partial charge on any atom is -0.391 e. The number of hydrogen-bond donors (Lipinski definition) is 2. The summed E-state index contributed by atoms with van der Waals surface area (Å²) in [5.74, 6) is -0.135. The van der Waals surface area contributed by atoms with Gasteiger partial charge < -0.3 is 15.3 Å². The molecule has 1 aliphatic carbocycles. The van der Waals surface area contributed by atoms with Crippen LogP contribution in [-0.4, -0.2) is 64.9 Å². The van der Waals surface area contributed by atoms with Crippen LogP contribution in [0.5, 0.6) is 0 Å². The minimum absolute atomic E-state index is 0.103. The summed E-state index contributed by atoms with van der Waals surface area (Å²) in [4.78, 5) is 33.1. The molecule has 186 valence electrons. The third kappa shape index (κ3) is 4.71. The van der Waals surface area contributed by atoms with Gasteiger partial charge in [0, 0.05) is 31.3 Å². The molecule has 0 aromatic carbocycles. The molecule has 2 fully saturated rings. The van der Waals surface area contributed by atoms with Crippen LogP contribution in [0.1, 0.15) is 63.4 Å². The molecule has 0 spiro atoms. The van der Waals surface area contributed by atoms with Gasteiger partial charge in [-0.3, -0.25) is 14.0 Å². The highest BCUT2D eigenvalue weighted by molar-refractivity contribution is 9.10. The Labute approximate surface area is 211 Å². The molecule has 2 amide bonds. The molecule has 35 heavy (non-hydrogen) atoms. The van der Waals surface area contributed by atoms with E-state index in [1.807, 2.05) is 55.8 Å². The van der Waals surface area contributed by atoms with Crippen LogP contribution in [0.2, 0.25) is 0 Å². The second-order valence-electron chi connectivity index (χ2n) is 10.6. The predicted octanol–water partition coefficient (Wildman–Crippen LogP) is 2.43. The molecular weight excluding hydrogens is 514 g/mol. The van der Waals surface area contributed by atoms with Crippen LogP contribution in [0, 0.1) is 5.41 Å². The average molecular weight is 544 g/mol. The Morgan fingerprint density at radius 2 is 2.06 bits per heavy atom. The van der Waals surface area contributed by atoms with Crippen molar-refractivity contribution in [3.05, 3.63) is 46.6 Å². The summed E-state index contributed by atoms with van der Waals surface area (Å²) >= 11 is 3.54. The summed E-state index contributed by atoms with van der Waals surface area (Å²) in [6.07, 6.45) is 5.34. The first-order chi connectivity index (χ1) is 16.6. The van der Waals surface area contributed by atoms with Crippen LogP contribution < -0.4 is 5.32 Å². The van der Waals surface area contributed by atoms with Gasteiger partial charge in [0.1, 0.15) is 22.3 Å². The zero-order chi connectivity index (χ0) is 24.9. The molecule has 10 nitrogen and oxygen atoms in total. The molecule has 11 heteroatoms. The lowest BCUT2D eigenvalue weighted by Gasteiger charge is -2.34. The third-order valence-corrected chi connectivity index (χ3v) is 7.51. The normalized spacial score (nSPS) is 21.5. The van der Waals surface area contributed by atoms with Crippen LogP contribution in [0.4, 0.5) is 0 Å². The number of nitrogens with one attached hydrogen (secondary N) is 1. The van der Waals surface area contributed by atoms with Gasteiger partial charge >= 0.3 is 0 Å². The number of halogens is 1. The number of aromatic nitrogens is 5. The minimum atomic E-state index is -0.774. The second kappa shape index (κ2) is 9.02. The van der Waals surface area contributed by atoms with Crippen molar-refractivity contribution < 1.29 is 14.7 Å². The molecular formula is C24H30BrN7O3. The first-order valence-corrected chi connectivity index (χ1v) is 12.7. The molecule has 2 aliphatic rings. The van der Waals surface area contributed by atoms with E-state index >= 15 is 0 Å². The molecule has 3 aromatic heterocycles. The predicted molar refractivity (Wildman–Crippen MR) is 131 cm³/mol. The molecule has 1 saturated carbocycles. The van der Waals surface area contributed by atoms with Crippen molar-refractivity contribution in [3.8, 4) is 0 Å². The maximum Gasteiger partial charge on any atom is 0.248 e. The summed E-state index contributed by atoms with van der Waals surface area (Å²) in [5.41, 5.74) is 1.88. The van der Waals surface area contributed by atoms with Crippen LogP contribution in [0.15, 0.2) is 35.2 Å². The van der Waals surface area contributed by atoms with Gasteiger partial charge in [0.15, 0.2) is 0 Å². The number of aliphatic hydroxyl groups excluding tert-OH is 1. The summed E-state index contributed by atoms with van der Waals surface area (Å²) in [6.45, 7) is 6.21. The number of carbonyl (C=O) groups is 2. The maximum atomic E-state index is 13.8. The van der Waals surface area contributed by atoms with E-state index in [4.69, 9.17) is 0 Å². The van der Waals surface area contributed by atoms with Crippen LogP contribution in [0.3, 0.4) is 0 Å². The van der Waals surface area contributed by atoms with E-state index in [1.165, 1.54) is 4.90 Å². The van der Waals surface area contributed by atoms with Gasteiger partial charge in [-0.25, -0.2) is 9.67 Å². The van der Waals surface area contributed by atoms with Crippen molar-refractivity contribution in [1.82, 2.24) is 34.6 Å². The molecule has 0 radical (unpaired) electrons. The van der Waals surface area contributed by atoms with Crippen LogP contribution >= 0.6 is 15.9 Å². The van der Waals surface area contributed by atoms with E-state index in [-0.39, 0.29) is 31.3 Å². The van der Waals surface area contributed by atoms with E-state index in [9.17, 15) is 14.7 Å².